The average Bonchev–Trinajstić information content (AvgIpc) is 3.18. The molecule has 5 rings (SSSR count). The molecule has 5 aliphatic rings. The molecule has 1 aliphatic heterocycles. The van der Waals surface area contributed by atoms with Crippen LogP contribution in [0, 0.1) is 23.7 Å². The lowest BCUT2D eigenvalue weighted by Crippen LogP contribution is -2.55. The van der Waals surface area contributed by atoms with Crippen LogP contribution in [-0.4, -0.2) is 35.7 Å². The number of likely N-dealkylation sites (tertiary alicyclic amines) is 1. The van der Waals surface area contributed by atoms with Gasteiger partial charge >= 0.3 is 0 Å². The van der Waals surface area contributed by atoms with Crippen LogP contribution in [0.1, 0.15) is 90.4 Å². The van der Waals surface area contributed by atoms with Crippen molar-refractivity contribution < 1.29 is 4.74 Å². The monoisotopic (exact) mass is 345 g/mol. The summed E-state index contributed by atoms with van der Waals surface area (Å²) in [5, 5.41) is 0. The number of hydrogen-bond acceptors (Lipinski definition) is 2. The molecule has 8 unspecified atom stereocenters. The summed E-state index contributed by atoms with van der Waals surface area (Å²) < 4.78 is 6.33. The van der Waals surface area contributed by atoms with Crippen LogP contribution in [0.2, 0.25) is 0 Å². The Balaban J connectivity index is 1.46. The first kappa shape index (κ1) is 17.0. The second-order valence-electron chi connectivity index (χ2n) is 9.91. The van der Waals surface area contributed by atoms with Crippen molar-refractivity contribution >= 4 is 0 Å². The third-order valence-electron chi connectivity index (χ3n) is 8.91. The highest BCUT2D eigenvalue weighted by molar-refractivity contribution is 5.12. The third-order valence-corrected chi connectivity index (χ3v) is 8.91. The van der Waals surface area contributed by atoms with E-state index >= 15 is 0 Å². The minimum Gasteiger partial charge on any atom is -0.377 e. The van der Waals surface area contributed by atoms with E-state index in [1.165, 1.54) is 70.6 Å². The summed E-state index contributed by atoms with van der Waals surface area (Å²) in [7, 11) is 0. The molecule has 142 valence electrons. The quantitative estimate of drug-likeness (QED) is 0.679. The summed E-state index contributed by atoms with van der Waals surface area (Å²) in [6.07, 6.45) is 19.8. The molecule has 0 amide bonds. The van der Waals surface area contributed by atoms with Gasteiger partial charge in [0.15, 0.2) is 0 Å². The van der Waals surface area contributed by atoms with Crippen LogP contribution in [0.4, 0.5) is 0 Å². The zero-order chi connectivity index (χ0) is 16.8. The van der Waals surface area contributed by atoms with E-state index in [2.05, 4.69) is 11.8 Å². The van der Waals surface area contributed by atoms with Crippen molar-refractivity contribution in [1.29, 1.82) is 0 Å². The van der Waals surface area contributed by atoms with E-state index in [4.69, 9.17) is 4.74 Å². The summed E-state index contributed by atoms with van der Waals surface area (Å²) >= 11 is 0. The predicted octanol–water partition coefficient (Wildman–Crippen LogP) is 5.40. The molecule has 0 N–H and O–H groups in total. The minimum atomic E-state index is 0.530. The van der Waals surface area contributed by atoms with Crippen molar-refractivity contribution in [2.45, 2.75) is 115 Å². The highest BCUT2D eigenvalue weighted by atomic mass is 16.5. The van der Waals surface area contributed by atoms with Gasteiger partial charge in [0.05, 0.1) is 6.10 Å². The first-order valence-electron chi connectivity index (χ1n) is 11.8. The van der Waals surface area contributed by atoms with Crippen molar-refractivity contribution in [3.63, 3.8) is 0 Å². The van der Waals surface area contributed by atoms with Crippen LogP contribution in [0.15, 0.2) is 0 Å². The summed E-state index contributed by atoms with van der Waals surface area (Å²) in [4.78, 5) is 3.16. The molecular formula is C23H39NO. The van der Waals surface area contributed by atoms with Crippen molar-refractivity contribution in [2.75, 3.05) is 6.61 Å². The Bertz CT molecular complexity index is 461. The fourth-order valence-electron chi connectivity index (χ4n) is 8.18. The van der Waals surface area contributed by atoms with Gasteiger partial charge in [0.1, 0.15) is 0 Å². The van der Waals surface area contributed by atoms with E-state index in [1.807, 2.05) is 0 Å². The van der Waals surface area contributed by atoms with Gasteiger partial charge in [0.25, 0.3) is 0 Å². The number of rotatable bonds is 3. The molecule has 1 heterocycles. The Kier molecular flexibility index (Phi) is 4.88. The molecule has 0 aromatic carbocycles. The molecule has 0 bridgehead atoms. The first-order chi connectivity index (χ1) is 12.4. The molecule has 2 heteroatoms. The fraction of sp³-hybridized carbons (Fsp3) is 1.00. The Morgan fingerprint density at radius 1 is 0.720 bits per heavy atom. The molecule has 0 radical (unpaired) electrons. The van der Waals surface area contributed by atoms with Crippen LogP contribution in [0.25, 0.3) is 0 Å². The predicted molar refractivity (Wildman–Crippen MR) is 103 cm³/mol. The van der Waals surface area contributed by atoms with Gasteiger partial charge in [-0.15, -0.1) is 0 Å². The van der Waals surface area contributed by atoms with E-state index in [0.717, 1.165) is 48.4 Å². The average molecular weight is 346 g/mol. The summed E-state index contributed by atoms with van der Waals surface area (Å²) in [6.45, 7) is 3.11. The second kappa shape index (κ2) is 7.15. The lowest BCUT2D eigenvalue weighted by Gasteiger charge is -2.47. The van der Waals surface area contributed by atoms with Crippen LogP contribution in [-0.2, 0) is 4.74 Å². The van der Waals surface area contributed by atoms with Gasteiger partial charge < -0.3 is 4.74 Å². The largest absolute Gasteiger partial charge is 0.377 e. The van der Waals surface area contributed by atoms with Gasteiger partial charge in [-0.05, 0) is 69.1 Å². The topological polar surface area (TPSA) is 12.5 Å². The van der Waals surface area contributed by atoms with Gasteiger partial charge in [0, 0.05) is 24.7 Å². The second-order valence-corrected chi connectivity index (χ2v) is 9.91. The van der Waals surface area contributed by atoms with Crippen LogP contribution in [0.3, 0.4) is 0 Å². The van der Waals surface area contributed by atoms with E-state index < -0.39 is 0 Å². The molecule has 0 aromatic rings. The fourth-order valence-corrected chi connectivity index (χ4v) is 8.18. The standard InChI is InChI=1S/C23H39NO/c1-2-25-22-14-8-7-13-21(22)24-20-12-6-5-11-18(20)19-15-16-9-3-4-10-17(16)23(19)24/h16-23H,2-15H2,1H3. The maximum absolute atomic E-state index is 6.33. The van der Waals surface area contributed by atoms with E-state index in [1.54, 1.807) is 12.8 Å². The van der Waals surface area contributed by atoms with Crippen LogP contribution < -0.4 is 0 Å². The molecule has 1 saturated heterocycles. The number of ether oxygens (including phenoxy) is 1. The normalized spacial score (nSPS) is 50.3. The van der Waals surface area contributed by atoms with E-state index in [0.29, 0.717) is 6.10 Å². The Morgan fingerprint density at radius 2 is 1.40 bits per heavy atom. The Morgan fingerprint density at radius 3 is 2.24 bits per heavy atom. The smallest absolute Gasteiger partial charge is 0.0730 e. The zero-order valence-electron chi connectivity index (χ0n) is 16.4. The van der Waals surface area contributed by atoms with Gasteiger partial charge in [-0.25, -0.2) is 0 Å². The molecule has 4 aliphatic carbocycles. The maximum atomic E-state index is 6.33. The van der Waals surface area contributed by atoms with Crippen molar-refractivity contribution in [1.82, 2.24) is 4.90 Å². The Labute approximate surface area is 155 Å². The SMILES string of the molecule is CCOC1CCCCC1N1C2CCCCC2C2CC3CCCCC3C21. The number of hydrogen-bond donors (Lipinski definition) is 0. The van der Waals surface area contributed by atoms with Crippen molar-refractivity contribution in [3.8, 4) is 0 Å². The van der Waals surface area contributed by atoms with Gasteiger partial charge in [-0.2, -0.15) is 0 Å². The van der Waals surface area contributed by atoms with Gasteiger partial charge in [0.2, 0.25) is 0 Å². The van der Waals surface area contributed by atoms with Gasteiger partial charge in [-0.1, -0.05) is 44.9 Å². The molecule has 0 spiro atoms. The maximum Gasteiger partial charge on any atom is 0.0730 e. The van der Waals surface area contributed by atoms with Crippen molar-refractivity contribution in [2.24, 2.45) is 23.7 Å². The molecule has 8 atom stereocenters. The molecule has 5 fully saturated rings. The number of fused-ring (bicyclic) bond motifs is 5. The highest BCUT2D eigenvalue weighted by Crippen LogP contribution is 2.58. The lowest BCUT2D eigenvalue weighted by atomic mass is 9.77. The molecular weight excluding hydrogens is 306 g/mol. The first-order valence-corrected chi connectivity index (χ1v) is 11.8. The lowest BCUT2D eigenvalue weighted by molar-refractivity contribution is -0.0623. The number of nitrogens with zero attached hydrogens (tertiary/aromatic N) is 1. The third kappa shape index (κ3) is 2.81. The Hall–Kier alpha value is -0.0800. The summed E-state index contributed by atoms with van der Waals surface area (Å²) in [6, 6.07) is 2.59. The summed E-state index contributed by atoms with van der Waals surface area (Å²) in [5.41, 5.74) is 0. The van der Waals surface area contributed by atoms with Crippen LogP contribution >= 0.6 is 0 Å². The summed E-state index contributed by atoms with van der Waals surface area (Å²) in [5.74, 6) is 4.19. The molecule has 2 nitrogen and oxygen atoms in total. The zero-order valence-corrected chi connectivity index (χ0v) is 16.4. The van der Waals surface area contributed by atoms with Crippen molar-refractivity contribution in [3.05, 3.63) is 0 Å². The molecule has 0 aromatic heterocycles. The molecule has 4 saturated carbocycles. The van der Waals surface area contributed by atoms with E-state index in [9.17, 15) is 0 Å². The highest BCUT2D eigenvalue weighted by Gasteiger charge is 2.59. The molecule has 25 heavy (non-hydrogen) atoms. The van der Waals surface area contributed by atoms with Crippen LogP contribution in [0.5, 0.6) is 0 Å². The van der Waals surface area contributed by atoms with E-state index in [-0.39, 0.29) is 0 Å². The minimum absolute atomic E-state index is 0.530. The van der Waals surface area contributed by atoms with Gasteiger partial charge in [-0.3, -0.25) is 4.90 Å².